The summed E-state index contributed by atoms with van der Waals surface area (Å²) in [5.74, 6) is -2.78. The van der Waals surface area contributed by atoms with E-state index in [-0.39, 0.29) is 11.6 Å². The van der Waals surface area contributed by atoms with Crippen LogP contribution >= 0.6 is 0 Å². The molecular weight excluding hydrogens is 254 g/mol. The third kappa shape index (κ3) is 3.26. The van der Waals surface area contributed by atoms with E-state index in [0.29, 0.717) is 19.1 Å². The maximum atomic E-state index is 13.4. The number of halogens is 2. The molecule has 1 atom stereocenters. The van der Waals surface area contributed by atoms with Crippen LogP contribution in [0.1, 0.15) is 30.1 Å². The topological polar surface area (TPSA) is 51.2 Å². The van der Waals surface area contributed by atoms with Crippen molar-refractivity contribution in [2.24, 2.45) is 5.92 Å². The lowest BCUT2D eigenvalue weighted by molar-refractivity contribution is 0.0537. The number of carbonyl (C=O) groups is 1. The number of hydrogen-bond acceptors (Lipinski definition) is 3. The van der Waals surface area contributed by atoms with Crippen LogP contribution in [-0.4, -0.2) is 30.1 Å². The van der Waals surface area contributed by atoms with Gasteiger partial charge >= 0.3 is 0 Å². The van der Waals surface area contributed by atoms with Gasteiger partial charge in [-0.25, -0.2) is 9.37 Å². The minimum Gasteiger partial charge on any atom is -0.381 e. The van der Waals surface area contributed by atoms with Gasteiger partial charge in [-0.3, -0.25) is 4.79 Å². The van der Waals surface area contributed by atoms with E-state index in [2.05, 4.69) is 10.3 Å². The fourth-order valence-electron chi connectivity index (χ4n) is 2.21. The Kier molecular flexibility index (Phi) is 4.42. The van der Waals surface area contributed by atoms with Crippen LogP contribution in [0.3, 0.4) is 0 Å². The summed E-state index contributed by atoms with van der Waals surface area (Å²) in [6, 6.07) is 1.07. The molecule has 1 fully saturated rings. The van der Waals surface area contributed by atoms with Gasteiger partial charge < -0.3 is 10.1 Å². The summed E-state index contributed by atoms with van der Waals surface area (Å²) in [4.78, 5) is 15.0. The third-order valence-electron chi connectivity index (χ3n) is 3.42. The first kappa shape index (κ1) is 13.9. The molecular formula is C13H16F2N2O2. The number of nitrogens with one attached hydrogen (secondary N) is 1. The van der Waals surface area contributed by atoms with Crippen LogP contribution in [0.15, 0.2) is 12.3 Å². The Hall–Kier alpha value is -1.56. The zero-order chi connectivity index (χ0) is 13.8. The van der Waals surface area contributed by atoms with Gasteiger partial charge in [0.05, 0.1) is 5.56 Å². The van der Waals surface area contributed by atoms with Crippen molar-refractivity contribution in [2.45, 2.75) is 25.8 Å². The molecule has 1 aromatic heterocycles. The smallest absolute Gasteiger partial charge is 0.254 e. The number of hydrogen-bond donors (Lipinski definition) is 1. The quantitative estimate of drug-likeness (QED) is 0.853. The van der Waals surface area contributed by atoms with Crippen molar-refractivity contribution in [2.75, 3.05) is 13.2 Å². The van der Waals surface area contributed by atoms with Crippen molar-refractivity contribution in [1.82, 2.24) is 10.3 Å². The van der Waals surface area contributed by atoms with Crippen LogP contribution in [0.4, 0.5) is 8.78 Å². The first-order valence-corrected chi connectivity index (χ1v) is 6.28. The molecule has 0 spiro atoms. The van der Waals surface area contributed by atoms with Crippen molar-refractivity contribution >= 4 is 5.91 Å². The Morgan fingerprint density at radius 2 is 2.16 bits per heavy atom. The second-order valence-electron chi connectivity index (χ2n) is 4.68. The highest BCUT2D eigenvalue weighted by Gasteiger charge is 2.24. The molecule has 4 nitrogen and oxygen atoms in total. The predicted molar refractivity (Wildman–Crippen MR) is 64.6 cm³/mol. The molecule has 6 heteroatoms. The standard InChI is InChI=1S/C13H16F2N2O2/c1-8(9-3-6-19-7-4-9)17-13(18)10-2-5-16-12(15)11(10)14/h2,5,8-9H,3-4,6-7H2,1H3,(H,17,18). The molecule has 104 valence electrons. The van der Waals surface area contributed by atoms with Crippen LogP contribution in [0.25, 0.3) is 0 Å². The van der Waals surface area contributed by atoms with Gasteiger partial charge in [0.1, 0.15) is 0 Å². The summed E-state index contributed by atoms with van der Waals surface area (Å²) >= 11 is 0. The van der Waals surface area contributed by atoms with Crippen molar-refractivity contribution < 1.29 is 18.3 Å². The highest BCUT2D eigenvalue weighted by molar-refractivity contribution is 5.94. The highest BCUT2D eigenvalue weighted by atomic mass is 19.2. The Balaban J connectivity index is 2.02. The average molecular weight is 270 g/mol. The molecule has 0 radical (unpaired) electrons. The van der Waals surface area contributed by atoms with Crippen LogP contribution in [0.5, 0.6) is 0 Å². The molecule has 19 heavy (non-hydrogen) atoms. The average Bonchev–Trinajstić information content (AvgIpc) is 2.42. The van der Waals surface area contributed by atoms with Gasteiger partial charge in [0.15, 0.2) is 5.82 Å². The second kappa shape index (κ2) is 6.06. The molecule has 1 aliphatic heterocycles. The van der Waals surface area contributed by atoms with Crippen LogP contribution in [0, 0.1) is 17.7 Å². The molecule has 2 rings (SSSR count). The van der Waals surface area contributed by atoms with E-state index in [1.807, 2.05) is 6.92 Å². The number of amides is 1. The summed E-state index contributed by atoms with van der Waals surface area (Å²) in [5, 5.41) is 2.70. The van der Waals surface area contributed by atoms with Crippen LogP contribution < -0.4 is 5.32 Å². The Morgan fingerprint density at radius 3 is 2.84 bits per heavy atom. The third-order valence-corrected chi connectivity index (χ3v) is 3.42. The maximum Gasteiger partial charge on any atom is 0.254 e. The summed E-state index contributed by atoms with van der Waals surface area (Å²) in [5.41, 5.74) is -0.314. The number of carbonyl (C=O) groups excluding carboxylic acids is 1. The number of aromatic nitrogens is 1. The number of rotatable bonds is 3. The van der Waals surface area contributed by atoms with Crippen LogP contribution in [0.2, 0.25) is 0 Å². The van der Waals surface area contributed by atoms with Crippen molar-refractivity contribution in [3.63, 3.8) is 0 Å². The summed E-state index contributed by atoms with van der Waals surface area (Å²) in [7, 11) is 0. The summed E-state index contributed by atoms with van der Waals surface area (Å²) in [6.07, 6.45) is 2.79. The lowest BCUT2D eigenvalue weighted by Gasteiger charge is -2.28. The van der Waals surface area contributed by atoms with E-state index < -0.39 is 17.7 Å². The van der Waals surface area contributed by atoms with E-state index in [4.69, 9.17) is 4.74 Å². The van der Waals surface area contributed by atoms with Gasteiger partial charge in [-0.2, -0.15) is 4.39 Å². The molecule has 1 unspecified atom stereocenters. The predicted octanol–water partition coefficient (Wildman–Crippen LogP) is 1.90. The summed E-state index contributed by atoms with van der Waals surface area (Å²) in [6.45, 7) is 3.20. The van der Waals surface area contributed by atoms with Gasteiger partial charge in [0, 0.05) is 25.5 Å². The fourth-order valence-corrected chi connectivity index (χ4v) is 2.21. The first-order valence-electron chi connectivity index (χ1n) is 6.28. The minimum absolute atomic E-state index is 0.105. The minimum atomic E-state index is -1.26. The molecule has 0 aliphatic carbocycles. The van der Waals surface area contributed by atoms with Crippen molar-refractivity contribution in [3.05, 3.63) is 29.6 Å². The normalized spacial score (nSPS) is 18.1. The molecule has 0 aromatic carbocycles. The zero-order valence-electron chi connectivity index (χ0n) is 10.7. The molecule has 1 aliphatic rings. The van der Waals surface area contributed by atoms with Crippen molar-refractivity contribution in [3.8, 4) is 0 Å². The molecule has 0 saturated carbocycles. The molecule has 1 aromatic rings. The Labute approximate surface area is 110 Å². The number of nitrogens with zero attached hydrogens (tertiary/aromatic N) is 1. The van der Waals surface area contributed by atoms with Gasteiger partial charge in [-0.05, 0) is 31.7 Å². The van der Waals surface area contributed by atoms with Gasteiger partial charge in [-0.1, -0.05) is 0 Å². The van der Waals surface area contributed by atoms with E-state index >= 15 is 0 Å². The number of pyridine rings is 1. The lowest BCUT2D eigenvalue weighted by atomic mass is 9.93. The fraction of sp³-hybridized carbons (Fsp3) is 0.538. The zero-order valence-corrected chi connectivity index (χ0v) is 10.7. The van der Waals surface area contributed by atoms with E-state index in [1.54, 1.807) is 0 Å². The highest BCUT2D eigenvalue weighted by Crippen LogP contribution is 2.19. The van der Waals surface area contributed by atoms with E-state index in [1.165, 1.54) is 6.07 Å². The summed E-state index contributed by atoms with van der Waals surface area (Å²) < 4.78 is 31.6. The molecule has 1 N–H and O–H groups in total. The van der Waals surface area contributed by atoms with Crippen molar-refractivity contribution in [1.29, 1.82) is 0 Å². The molecule has 0 bridgehead atoms. The maximum absolute atomic E-state index is 13.4. The number of ether oxygens (including phenoxy) is 1. The van der Waals surface area contributed by atoms with Gasteiger partial charge in [0.25, 0.3) is 5.91 Å². The Bertz CT molecular complexity index is 462. The molecule has 1 amide bonds. The SMILES string of the molecule is CC(NC(=O)c1ccnc(F)c1F)C1CCOCC1. The van der Waals surface area contributed by atoms with Gasteiger partial charge in [0.2, 0.25) is 5.95 Å². The molecule has 1 saturated heterocycles. The van der Waals surface area contributed by atoms with E-state index in [0.717, 1.165) is 19.0 Å². The van der Waals surface area contributed by atoms with E-state index in [9.17, 15) is 13.6 Å². The first-order chi connectivity index (χ1) is 9.09. The largest absolute Gasteiger partial charge is 0.381 e. The monoisotopic (exact) mass is 270 g/mol. The lowest BCUT2D eigenvalue weighted by Crippen LogP contribution is -2.40. The second-order valence-corrected chi connectivity index (χ2v) is 4.68. The molecule has 2 heterocycles. The van der Waals surface area contributed by atoms with Gasteiger partial charge in [-0.15, -0.1) is 0 Å². The Morgan fingerprint density at radius 1 is 1.47 bits per heavy atom. The van der Waals surface area contributed by atoms with Crippen LogP contribution in [-0.2, 0) is 4.74 Å².